The molecule has 0 spiro atoms. The molecule has 293 valence electrons. The number of aromatic nitrogens is 3. The van der Waals surface area contributed by atoms with Gasteiger partial charge in [-0.15, -0.1) is 41.3 Å². The molecule has 0 saturated carbocycles. The third-order valence-corrected chi connectivity index (χ3v) is 13.6. The average molecular weight is 968 g/mol. The van der Waals surface area contributed by atoms with Gasteiger partial charge in [-0.05, 0) is 101 Å². The van der Waals surface area contributed by atoms with Gasteiger partial charge in [0.2, 0.25) is 0 Å². The van der Waals surface area contributed by atoms with E-state index >= 15 is 0 Å². The van der Waals surface area contributed by atoms with E-state index in [0.29, 0.717) is 5.92 Å². The summed E-state index contributed by atoms with van der Waals surface area (Å²) in [6, 6.07) is 48.5. The van der Waals surface area contributed by atoms with Gasteiger partial charge in [0.25, 0.3) is 0 Å². The van der Waals surface area contributed by atoms with E-state index in [2.05, 4.69) is 191 Å². The topological polar surface area (TPSA) is 30.7 Å². The molecule has 1 radical (unpaired) electrons. The van der Waals surface area contributed by atoms with Gasteiger partial charge in [-0.25, -0.2) is 0 Å². The summed E-state index contributed by atoms with van der Waals surface area (Å²) in [5, 5.41) is 8.82. The summed E-state index contributed by atoms with van der Waals surface area (Å²) in [7, 11) is -1.34. The third-order valence-electron chi connectivity index (χ3n) is 10.7. The molecule has 0 atom stereocenters. The Morgan fingerprint density at radius 1 is 0.759 bits per heavy atom. The van der Waals surface area contributed by atoms with Crippen molar-refractivity contribution in [3.05, 3.63) is 167 Å². The smallest absolute Gasteiger partial charge is 0.0798 e. The largest absolute Gasteiger partial charge is 0.333 e. The maximum atomic E-state index is 5.16. The van der Waals surface area contributed by atoms with Crippen molar-refractivity contribution in [3.8, 4) is 39.5 Å². The van der Waals surface area contributed by atoms with E-state index in [1.165, 1.54) is 59.4 Å². The maximum Gasteiger partial charge on any atom is 0.0798 e. The number of fused-ring (bicyclic) bond motifs is 3. The molecule has 9 aromatic rings. The van der Waals surface area contributed by atoms with Crippen molar-refractivity contribution in [3.63, 3.8) is 0 Å². The van der Waals surface area contributed by atoms with Crippen LogP contribution in [0.2, 0.25) is 19.6 Å². The van der Waals surface area contributed by atoms with E-state index in [1.54, 1.807) is 11.3 Å². The van der Waals surface area contributed by atoms with Crippen LogP contribution in [0.4, 0.5) is 0 Å². The SMILES string of the molecule is CC(C)Cc1cc(-c2[c-]cccc2)ncc1[Si](C)(C)C.Cc1ccc2cc3s[c-]c(-c4nc5ccccc5n4-c4cc(C)c(-c5ccccc5)c(C)c4)c3cc2c1.[Ir]. The molecule has 3 heterocycles. The summed E-state index contributed by atoms with van der Waals surface area (Å²) in [4.78, 5) is 9.84. The molecule has 0 aliphatic rings. The van der Waals surface area contributed by atoms with Crippen LogP contribution < -0.4 is 5.19 Å². The maximum absolute atomic E-state index is 5.16. The van der Waals surface area contributed by atoms with Gasteiger partial charge in [0.1, 0.15) is 0 Å². The number of para-hydroxylation sites is 2. The Kier molecular flexibility index (Phi) is 12.1. The first-order valence-corrected chi connectivity index (χ1v) is 24.2. The monoisotopic (exact) mass is 968 g/mol. The summed E-state index contributed by atoms with van der Waals surface area (Å²) in [6.45, 7) is 18.3. The second-order valence-corrected chi connectivity index (χ2v) is 22.6. The predicted molar refractivity (Wildman–Crippen MR) is 248 cm³/mol. The number of thiophene rings is 1. The van der Waals surface area contributed by atoms with Gasteiger partial charge in [-0.1, -0.05) is 139 Å². The Balaban J connectivity index is 0.000000208. The molecule has 3 nitrogen and oxygen atoms in total. The first-order valence-electron chi connectivity index (χ1n) is 19.9. The van der Waals surface area contributed by atoms with Gasteiger partial charge in [0, 0.05) is 32.0 Å². The molecule has 6 heteroatoms. The van der Waals surface area contributed by atoms with Gasteiger partial charge in [0.15, 0.2) is 0 Å². The minimum atomic E-state index is -1.34. The van der Waals surface area contributed by atoms with E-state index in [9.17, 15) is 0 Å². The van der Waals surface area contributed by atoms with E-state index in [1.807, 2.05) is 18.2 Å². The summed E-state index contributed by atoms with van der Waals surface area (Å²) in [6.07, 6.45) is 3.24. The molecule has 0 N–H and O–H groups in total. The van der Waals surface area contributed by atoms with Crippen molar-refractivity contribution >= 4 is 56.5 Å². The Bertz CT molecular complexity index is 2840. The molecule has 9 rings (SSSR count). The summed E-state index contributed by atoms with van der Waals surface area (Å²) in [5.41, 5.74) is 14.2. The average Bonchev–Trinajstić information content (AvgIpc) is 3.78. The van der Waals surface area contributed by atoms with E-state index in [4.69, 9.17) is 4.98 Å². The molecule has 0 fully saturated rings. The van der Waals surface area contributed by atoms with E-state index in [0.717, 1.165) is 45.8 Å². The number of hydrogen-bond acceptors (Lipinski definition) is 3. The van der Waals surface area contributed by atoms with Gasteiger partial charge in [0.05, 0.1) is 24.9 Å². The van der Waals surface area contributed by atoms with Crippen molar-refractivity contribution in [1.82, 2.24) is 14.5 Å². The predicted octanol–water partition coefficient (Wildman–Crippen LogP) is 13.7. The fourth-order valence-electron chi connectivity index (χ4n) is 8.07. The molecule has 0 saturated heterocycles. The Morgan fingerprint density at radius 3 is 2.19 bits per heavy atom. The zero-order chi connectivity index (χ0) is 39.8. The number of imidazole rings is 1. The molecule has 0 aliphatic carbocycles. The van der Waals surface area contributed by atoms with Crippen LogP contribution in [0.25, 0.3) is 71.4 Å². The van der Waals surface area contributed by atoms with Crippen LogP contribution in [0.15, 0.2) is 134 Å². The van der Waals surface area contributed by atoms with Crippen molar-refractivity contribution in [1.29, 1.82) is 0 Å². The van der Waals surface area contributed by atoms with Gasteiger partial charge in [-0.2, -0.15) is 0 Å². The van der Waals surface area contributed by atoms with Crippen molar-refractivity contribution in [2.75, 3.05) is 0 Å². The normalized spacial score (nSPS) is 11.5. The Labute approximate surface area is 362 Å². The quantitative estimate of drug-likeness (QED) is 0.118. The van der Waals surface area contributed by atoms with Gasteiger partial charge < -0.3 is 9.55 Å². The molecule has 0 amide bonds. The van der Waals surface area contributed by atoms with Crippen LogP contribution in [0.3, 0.4) is 0 Å². The first-order chi connectivity index (χ1) is 27.4. The van der Waals surface area contributed by atoms with Crippen LogP contribution in [0, 0.1) is 38.1 Å². The van der Waals surface area contributed by atoms with Crippen LogP contribution in [-0.4, -0.2) is 22.6 Å². The molecule has 0 aliphatic heterocycles. The Hall–Kier alpha value is -4.97. The summed E-state index contributed by atoms with van der Waals surface area (Å²) < 4.78 is 3.54. The third kappa shape index (κ3) is 8.44. The number of benzene rings is 6. The number of nitrogens with zero attached hydrogens (tertiary/aromatic N) is 3. The molecule has 6 aromatic carbocycles. The standard InChI is InChI=1S/C34H25N2S.C18H24NSi.Ir/c1-21-13-14-25-19-32-28(18-26(25)15-21)29(20-37-32)34-35-30-11-7-8-12-31(30)36(34)27-16-22(2)33(23(3)17-27)24-9-5-4-6-10-24;1-14(2)11-16-12-17(15-9-7-6-8-10-15)19-13-18(16)20(3,4)5;/h4-19H,1-3H3;6-9,12-14H,11H2,1-5H3;/q2*-1;. The number of aryl methyl sites for hydroxylation is 3. The van der Waals surface area contributed by atoms with E-state index < -0.39 is 8.07 Å². The number of pyridine rings is 1. The number of hydrogen-bond donors (Lipinski definition) is 0. The van der Waals surface area contributed by atoms with Crippen molar-refractivity contribution < 1.29 is 20.1 Å². The number of rotatable bonds is 7. The minimum absolute atomic E-state index is 0. The van der Waals surface area contributed by atoms with Crippen LogP contribution >= 0.6 is 11.3 Å². The van der Waals surface area contributed by atoms with E-state index in [-0.39, 0.29) is 20.1 Å². The fourth-order valence-corrected chi connectivity index (χ4v) is 10.5. The Morgan fingerprint density at radius 2 is 1.48 bits per heavy atom. The molecular formula is C52H49IrN3SSi-2. The molecule has 3 aromatic heterocycles. The summed E-state index contributed by atoms with van der Waals surface area (Å²) in [5.74, 6) is 1.60. The second kappa shape index (κ2) is 17.1. The molecular weight excluding hydrogens is 919 g/mol. The second-order valence-electron chi connectivity index (χ2n) is 16.7. The van der Waals surface area contributed by atoms with Gasteiger partial charge in [-0.3, -0.25) is 16.3 Å². The molecule has 58 heavy (non-hydrogen) atoms. The zero-order valence-electron chi connectivity index (χ0n) is 34.6. The van der Waals surface area contributed by atoms with Crippen LogP contribution in [-0.2, 0) is 26.5 Å². The minimum Gasteiger partial charge on any atom is -0.333 e. The van der Waals surface area contributed by atoms with Crippen LogP contribution in [0.5, 0.6) is 0 Å². The van der Waals surface area contributed by atoms with Crippen LogP contribution in [0.1, 0.15) is 36.1 Å². The fraction of sp³-hybridized carbons (Fsp3) is 0.192. The molecule has 0 bridgehead atoms. The van der Waals surface area contributed by atoms with Gasteiger partial charge >= 0.3 is 0 Å². The summed E-state index contributed by atoms with van der Waals surface area (Å²) >= 11 is 1.67. The van der Waals surface area contributed by atoms with Crippen molar-refractivity contribution in [2.45, 2.75) is 60.7 Å². The molecule has 0 unspecified atom stereocenters. The first kappa shape index (κ1) is 41.2. The van der Waals surface area contributed by atoms with Crippen molar-refractivity contribution in [2.24, 2.45) is 5.92 Å². The zero-order valence-corrected chi connectivity index (χ0v) is 38.8.